The molecule has 6 nitrogen and oxygen atoms in total. The molecule has 0 spiro atoms. The largest absolute Gasteiger partial charge is 0.497 e. The quantitative estimate of drug-likeness (QED) is 0.842. The average molecular weight is 360 g/mol. The van der Waals surface area contributed by atoms with Crippen LogP contribution in [0.4, 0.5) is 18.9 Å². The summed E-state index contributed by atoms with van der Waals surface area (Å²) < 4.78 is 44.1. The number of hydrogen-bond acceptors (Lipinski definition) is 4. The van der Waals surface area contributed by atoms with Crippen molar-refractivity contribution in [1.29, 1.82) is 0 Å². The number of aliphatic carboxylic acids is 1. The van der Waals surface area contributed by atoms with Crippen LogP contribution < -0.4 is 10.1 Å². The molecule has 1 unspecified atom stereocenters. The van der Waals surface area contributed by atoms with E-state index in [0.29, 0.717) is 11.4 Å². The molecule has 1 aliphatic rings. The minimum atomic E-state index is -4.62. The third kappa shape index (κ3) is 4.41. The van der Waals surface area contributed by atoms with Crippen LogP contribution in [-0.2, 0) is 9.59 Å². The number of anilines is 1. The molecule has 9 heteroatoms. The molecule has 1 amide bonds. The molecule has 0 bridgehead atoms. The molecule has 138 valence electrons. The summed E-state index contributed by atoms with van der Waals surface area (Å²) >= 11 is 0. The molecule has 1 saturated heterocycles. The van der Waals surface area contributed by atoms with E-state index < -0.39 is 42.5 Å². The molecule has 2 N–H and O–H groups in total. The van der Waals surface area contributed by atoms with Crippen molar-refractivity contribution in [3.63, 3.8) is 0 Å². The third-order valence-electron chi connectivity index (χ3n) is 4.37. The van der Waals surface area contributed by atoms with E-state index in [0.717, 1.165) is 0 Å². The molecule has 1 aromatic carbocycles. The Morgan fingerprint density at radius 1 is 1.28 bits per heavy atom. The predicted octanol–water partition coefficient (Wildman–Crippen LogP) is 2.22. The molecule has 2 rings (SSSR count). The van der Waals surface area contributed by atoms with Crippen LogP contribution in [0.15, 0.2) is 24.3 Å². The number of nitrogens with zero attached hydrogens (tertiary/aromatic N) is 1. The summed E-state index contributed by atoms with van der Waals surface area (Å²) in [7, 11) is 1.50. The zero-order valence-electron chi connectivity index (χ0n) is 13.7. The van der Waals surface area contributed by atoms with E-state index in [2.05, 4.69) is 5.32 Å². The van der Waals surface area contributed by atoms with E-state index in [9.17, 15) is 22.8 Å². The fourth-order valence-electron chi connectivity index (χ4n) is 2.82. The first kappa shape index (κ1) is 19.0. The molecule has 0 aromatic heterocycles. The highest BCUT2D eigenvalue weighted by molar-refractivity contribution is 5.94. The van der Waals surface area contributed by atoms with E-state index in [1.165, 1.54) is 18.9 Å². The minimum Gasteiger partial charge on any atom is -0.497 e. The smallest absolute Gasteiger partial charge is 0.393 e. The van der Waals surface area contributed by atoms with E-state index in [1.807, 2.05) is 0 Å². The van der Waals surface area contributed by atoms with Gasteiger partial charge < -0.3 is 15.2 Å². The maximum atomic E-state index is 13.0. The highest BCUT2D eigenvalue weighted by Crippen LogP contribution is 2.38. The Balaban J connectivity index is 2.04. The van der Waals surface area contributed by atoms with Gasteiger partial charge in [-0.15, -0.1) is 0 Å². The average Bonchev–Trinajstić information content (AvgIpc) is 3.00. The second-order valence-electron chi connectivity index (χ2n) is 5.94. The minimum absolute atomic E-state index is 0.323. The normalized spacial score (nSPS) is 22.4. The van der Waals surface area contributed by atoms with E-state index in [1.54, 1.807) is 24.3 Å². The van der Waals surface area contributed by atoms with Gasteiger partial charge in [-0.2, -0.15) is 13.2 Å². The summed E-state index contributed by atoms with van der Waals surface area (Å²) in [5, 5.41) is 11.6. The van der Waals surface area contributed by atoms with Crippen LogP contribution in [0, 0.1) is 11.8 Å². The summed E-state index contributed by atoms with van der Waals surface area (Å²) in [6.45, 7) is 0.616. The van der Waals surface area contributed by atoms with E-state index >= 15 is 0 Å². The van der Waals surface area contributed by atoms with Gasteiger partial charge in [0.05, 0.1) is 25.0 Å². The summed E-state index contributed by atoms with van der Waals surface area (Å²) in [6.07, 6.45) is -4.62. The molecule has 25 heavy (non-hydrogen) atoms. The van der Waals surface area contributed by atoms with Gasteiger partial charge in [0.25, 0.3) is 0 Å². The lowest BCUT2D eigenvalue weighted by Gasteiger charge is -2.23. The fraction of sp³-hybridized carbons (Fsp3) is 0.500. The molecular weight excluding hydrogens is 341 g/mol. The van der Waals surface area contributed by atoms with Crippen molar-refractivity contribution in [3.05, 3.63) is 24.3 Å². The van der Waals surface area contributed by atoms with Crippen molar-refractivity contribution >= 4 is 17.6 Å². The summed E-state index contributed by atoms with van der Waals surface area (Å²) in [5.41, 5.74) is 0.471. The van der Waals surface area contributed by atoms with Crippen LogP contribution in [0.3, 0.4) is 0 Å². The van der Waals surface area contributed by atoms with E-state index in [-0.39, 0.29) is 6.54 Å². The SMILES string of the molecule is COc1ccc(NC(=O)C(C)N2C[C@@H](C(F)(F)F)[C@H](C(=O)O)C2)cc1. The summed E-state index contributed by atoms with van der Waals surface area (Å²) in [6, 6.07) is 5.58. The number of rotatable bonds is 5. The number of halogens is 3. The van der Waals surface area contributed by atoms with Gasteiger partial charge in [-0.25, -0.2) is 0 Å². The Morgan fingerprint density at radius 3 is 2.32 bits per heavy atom. The molecule has 0 radical (unpaired) electrons. The summed E-state index contributed by atoms with van der Waals surface area (Å²) in [4.78, 5) is 24.6. The number of ether oxygens (including phenoxy) is 1. The van der Waals surface area contributed by atoms with Crippen LogP contribution in [0.5, 0.6) is 5.75 Å². The number of amides is 1. The Labute approximate surface area is 142 Å². The van der Waals surface area contributed by atoms with Crippen molar-refractivity contribution < 1.29 is 32.6 Å². The van der Waals surface area contributed by atoms with Gasteiger partial charge >= 0.3 is 12.1 Å². The van der Waals surface area contributed by atoms with Crippen LogP contribution in [0.1, 0.15) is 6.92 Å². The lowest BCUT2D eigenvalue weighted by molar-refractivity contribution is -0.188. The highest BCUT2D eigenvalue weighted by Gasteiger charge is 2.53. The van der Waals surface area contributed by atoms with Crippen molar-refractivity contribution in [2.75, 3.05) is 25.5 Å². The monoisotopic (exact) mass is 360 g/mol. The molecule has 1 fully saturated rings. The zero-order chi connectivity index (χ0) is 18.8. The number of likely N-dealkylation sites (tertiary alicyclic amines) is 1. The Hall–Kier alpha value is -2.29. The molecule has 1 heterocycles. The molecule has 1 aliphatic heterocycles. The molecule has 0 saturated carbocycles. The first-order valence-corrected chi connectivity index (χ1v) is 7.62. The number of hydrogen-bond donors (Lipinski definition) is 2. The van der Waals surface area contributed by atoms with Gasteiger partial charge in [-0.1, -0.05) is 0 Å². The Bertz CT molecular complexity index is 633. The second kappa shape index (κ2) is 7.30. The number of carbonyl (C=O) groups excluding carboxylic acids is 1. The molecule has 3 atom stereocenters. The second-order valence-corrected chi connectivity index (χ2v) is 5.94. The fourth-order valence-corrected chi connectivity index (χ4v) is 2.82. The van der Waals surface area contributed by atoms with Crippen molar-refractivity contribution in [2.24, 2.45) is 11.8 Å². The van der Waals surface area contributed by atoms with Crippen molar-refractivity contribution in [1.82, 2.24) is 4.90 Å². The topological polar surface area (TPSA) is 78.9 Å². The van der Waals surface area contributed by atoms with Gasteiger partial charge in [0, 0.05) is 18.8 Å². The number of alkyl halides is 3. The Kier molecular flexibility index (Phi) is 5.56. The summed E-state index contributed by atoms with van der Waals surface area (Å²) in [5.74, 6) is -4.97. The highest BCUT2D eigenvalue weighted by atomic mass is 19.4. The number of benzene rings is 1. The number of carboxylic acid groups (broad SMARTS) is 1. The van der Waals surface area contributed by atoms with E-state index in [4.69, 9.17) is 9.84 Å². The lowest BCUT2D eigenvalue weighted by atomic mass is 9.96. The van der Waals surface area contributed by atoms with Crippen LogP contribution in [0.25, 0.3) is 0 Å². The Morgan fingerprint density at radius 2 is 1.88 bits per heavy atom. The van der Waals surface area contributed by atoms with Crippen LogP contribution in [-0.4, -0.2) is 54.3 Å². The molecule has 1 aromatic rings. The first-order valence-electron chi connectivity index (χ1n) is 7.62. The van der Waals surface area contributed by atoms with Gasteiger partial charge in [0.1, 0.15) is 5.75 Å². The van der Waals surface area contributed by atoms with Gasteiger partial charge in [-0.05, 0) is 31.2 Å². The maximum Gasteiger partial charge on any atom is 0.393 e. The number of carboxylic acids is 1. The van der Waals surface area contributed by atoms with Gasteiger partial charge in [0.15, 0.2) is 0 Å². The predicted molar refractivity (Wildman–Crippen MR) is 83.3 cm³/mol. The maximum absolute atomic E-state index is 13.0. The standard InChI is InChI=1S/C16H19F3N2O4/c1-9(14(22)20-10-3-5-11(25-2)6-4-10)21-7-12(15(23)24)13(8-21)16(17,18)19/h3-6,9,12-13H,7-8H2,1-2H3,(H,20,22)(H,23,24)/t9?,12-,13-/m1/s1. The first-order chi connectivity index (χ1) is 11.6. The number of carbonyl (C=O) groups is 2. The number of methoxy groups -OCH3 is 1. The van der Waals surface area contributed by atoms with Gasteiger partial charge in [0.2, 0.25) is 5.91 Å². The molecule has 0 aliphatic carbocycles. The van der Waals surface area contributed by atoms with Crippen LogP contribution in [0.2, 0.25) is 0 Å². The van der Waals surface area contributed by atoms with Crippen molar-refractivity contribution in [2.45, 2.75) is 19.1 Å². The van der Waals surface area contributed by atoms with Gasteiger partial charge in [-0.3, -0.25) is 14.5 Å². The molecular formula is C16H19F3N2O4. The number of nitrogens with one attached hydrogen (secondary N) is 1. The lowest BCUT2D eigenvalue weighted by Crippen LogP contribution is -2.41. The van der Waals surface area contributed by atoms with Crippen LogP contribution >= 0.6 is 0 Å². The van der Waals surface area contributed by atoms with Crippen molar-refractivity contribution in [3.8, 4) is 5.75 Å². The zero-order valence-corrected chi connectivity index (χ0v) is 13.7. The third-order valence-corrected chi connectivity index (χ3v) is 4.37.